The lowest BCUT2D eigenvalue weighted by atomic mass is 10.2. The molecule has 0 atom stereocenters. The molecule has 0 aliphatic heterocycles. The van der Waals surface area contributed by atoms with Gasteiger partial charge in [0, 0.05) is 0 Å². The van der Waals surface area contributed by atoms with Crippen LogP contribution < -0.4 is 14.9 Å². The van der Waals surface area contributed by atoms with Crippen molar-refractivity contribution >= 4 is 17.8 Å². The monoisotopic (exact) mass is 476 g/mol. The summed E-state index contributed by atoms with van der Waals surface area (Å²) >= 11 is 6.03. The summed E-state index contributed by atoms with van der Waals surface area (Å²) in [5.41, 5.74) is 0.868. The summed E-state index contributed by atoms with van der Waals surface area (Å²) in [7, 11) is 1.21. The standard InChI is InChI=1S/C18H13ClF8N2O2/c1-30-14-7-11(8-28-29-18(26,27)16(21,22)17(23,24)25)6-13(19)15(14)31-9-10-3-2-4-12(20)5-10/h2-8,29H,9H2,1H3/b28-8+. The van der Waals surface area contributed by atoms with Gasteiger partial charge in [-0.15, -0.1) is 0 Å². The van der Waals surface area contributed by atoms with Crippen LogP contribution in [0.4, 0.5) is 35.1 Å². The molecule has 170 valence electrons. The highest BCUT2D eigenvalue weighted by atomic mass is 35.5. The average molecular weight is 477 g/mol. The SMILES string of the molecule is COc1cc(/C=N/NC(F)(F)C(F)(F)C(F)(F)F)cc(Cl)c1OCc1cccc(F)c1. The Hall–Kier alpha value is -2.76. The molecular weight excluding hydrogens is 464 g/mol. The van der Waals surface area contributed by atoms with Crippen molar-refractivity contribution in [2.24, 2.45) is 5.10 Å². The molecule has 0 aliphatic carbocycles. The van der Waals surface area contributed by atoms with Crippen LogP contribution in [0.5, 0.6) is 11.5 Å². The molecule has 0 aliphatic rings. The lowest BCUT2D eigenvalue weighted by Gasteiger charge is -2.27. The van der Waals surface area contributed by atoms with Crippen molar-refractivity contribution in [3.05, 3.63) is 58.4 Å². The van der Waals surface area contributed by atoms with Crippen LogP contribution in [0.1, 0.15) is 11.1 Å². The molecule has 0 radical (unpaired) electrons. The van der Waals surface area contributed by atoms with Gasteiger partial charge in [-0.2, -0.15) is 35.8 Å². The van der Waals surface area contributed by atoms with E-state index in [1.54, 1.807) is 6.07 Å². The first-order valence-electron chi connectivity index (χ1n) is 8.16. The molecule has 31 heavy (non-hydrogen) atoms. The Labute approximate surface area is 175 Å². The fraction of sp³-hybridized carbons (Fsp3) is 0.278. The maximum Gasteiger partial charge on any atom is 0.462 e. The lowest BCUT2D eigenvalue weighted by Crippen LogP contribution is -2.58. The largest absolute Gasteiger partial charge is 0.493 e. The molecule has 4 nitrogen and oxygen atoms in total. The minimum Gasteiger partial charge on any atom is -0.493 e. The Kier molecular flexibility index (Phi) is 7.25. The van der Waals surface area contributed by atoms with Gasteiger partial charge in [0.2, 0.25) is 0 Å². The van der Waals surface area contributed by atoms with Crippen LogP contribution in [0.3, 0.4) is 0 Å². The highest BCUT2D eigenvalue weighted by Crippen LogP contribution is 2.45. The van der Waals surface area contributed by atoms with Crippen molar-refractivity contribution < 1.29 is 44.6 Å². The maximum atomic E-state index is 13.2. The van der Waals surface area contributed by atoms with Gasteiger partial charge in [0.05, 0.1) is 18.3 Å². The average Bonchev–Trinajstić information content (AvgIpc) is 2.65. The van der Waals surface area contributed by atoms with Gasteiger partial charge in [-0.3, -0.25) is 0 Å². The second-order valence-corrected chi connectivity index (χ2v) is 6.38. The van der Waals surface area contributed by atoms with Gasteiger partial charge in [0.1, 0.15) is 12.4 Å². The number of halogens is 9. The van der Waals surface area contributed by atoms with Gasteiger partial charge in [-0.05, 0) is 35.4 Å². The van der Waals surface area contributed by atoms with E-state index >= 15 is 0 Å². The van der Waals surface area contributed by atoms with Gasteiger partial charge < -0.3 is 9.47 Å². The molecule has 0 spiro atoms. The summed E-state index contributed by atoms with van der Waals surface area (Å²) in [6.45, 7) is -0.110. The van der Waals surface area contributed by atoms with Gasteiger partial charge in [0.25, 0.3) is 0 Å². The van der Waals surface area contributed by atoms with E-state index in [2.05, 4.69) is 5.10 Å². The van der Waals surface area contributed by atoms with E-state index in [0.717, 1.165) is 12.1 Å². The number of hydrogen-bond acceptors (Lipinski definition) is 4. The molecule has 0 saturated carbocycles. The molecule has 0 bridgehead atoms. The van der Waals surface area contributed by atoms with E-state index in [4.69, 9.17) is 21.1 Å². The van der Waals surface area contributed by atoms with Gasteiger partial charge >= 0.3 is 18.1 Å². The first-order valence-corrected chi connectivity index (χ1v) is 8.53. The summed E-state index contributed by atoms with van der Waals surface area (Å²) in [6, 6.07) is 2.03. The van der Waals surface area contributed by atoms with Crippen molar-refractivity contribution in [2.45, 2.75) is 24.8 Å². The fourth-order valence-electron chi connectivity index (χ4n) is 2.17. The molecule has 0 aromatic heterocycles. The van der Waals surface area contributed by atoms with E-state index in [0.29, 0.717) is 17.2 Å². The summed E-state index contributed by atoms with van der Waals surface area (Å²) in [5, 5.41) is 2.62. The number of ether oxygens (including phenoxy) is 2. The van der Waals surface area contributed by atoms with Gasteiger partial charge in [-0.1, -0.05) is 23.7 Å². The zero-order valence-corrected chi connectivity index (χ0v) is 16.2. The first-order chi connectivity index (χ1) is 14.3. The topological polar surface area (TPSA) is 42.8 Å². The molecule has 0 unspecified atom stereocenters. The van der Waals surface area contributed by atoms with Crippen LogP contribution in [0.15, 0.2) is 41.5 Å². The molecule has 0 fully saturated rings. The Bertz CT molecular complexity index is 951. The van der Waals surface area contributed by atoms with Crippen LogP contribution in [0, 0.1) is 5.82 Å². The van der Waals surface area contributed by atoms with E-state index in [9.17, 15) is 35.1 Å². The van der Waals surface area contributed by atoms with Crippen molar-refractivity contribution in [1.82, 2.24) is 5.43 Å². The van der Waals surface area contributed by atoms with Crippen molar-refractivity contribution in [1.29, 1.82) is 0 Å². The predicted octanol–water partition coefficient (Wildman–Crippen LogP) is 5.78. The third-order valence-corrected chi connectivity index (χ3v) is 3.97. The maximum absolute atomic E-state index is 13.2. The molecule has 0 saturated heterocycles. The van der Waals surface area contributed by atoms with E-state index in [1.165, 1.54) is 25.3 Å². The first kappa shape index (κ1) is 24.5. The number of nitrogens with one attached hydrogen (secondary N) is 1. The van der Waals surface area contributed by atoms with Crippen molar-refractivity contribution in [3.8, 4) is 11.5 Å². The number of alkyl halides is 7. The minimum absolute atomic E-state index is 0.00697. The number of hydrazone groups is 1. The molecule has 1 N–H and O–H groups in total. The third kappa shape index (κ3) is 5.69. The number of hydrogen-bond donors (Lipinski definition) is 1. The Morgan fingerprint density at radius 1 is 1.06 bits per heavy atom. The zero-order chi connectivity index (χ0) is 23.4. The molecule has 2 rings (SSSR count). The molecule has 0 heterocycles. The smallest absolute Gasteiger partial charge is 0.462 e. The normalized spacial score (nSPS) is 12.8. The Morgan fingerprint density at radius 3 is 2.32 bits per heavy atom. The summed E-state index contributed by atoms with van der Waals surface area (Å²) in [5.74, 6) is -6.89. The van der Waals surface area contributed by atoms with Crippen molar-refractivity contribution in [3.63, 3.8) is 0 Å². The van der Waals surface area contributed by atoms with Crippen molar-refractivity contribution in [2.75, 3.05) is 7.11 Å². The highest BCUT2D eigenvalue weighted by Gasteiger charge is 2.73. The minimum atomic E-state index is -6.49. The van der Waals surface area contributed by atoms with Crippen LogP contribution in [-0.2, 0) is 6.61 Å². The number of nitrogens with zero attached hydrogens (tertiary/aromatic N) is 1. The number of benzene rings is 2. The van der Waals surface area contributed by atoms with E-state index < -0.39 is 24.0 Å². The quantitative estimate of drug-likeness (QED) is 0.227. The van der Waals surface area contributed by atoms with E-state index in [-0.39, 0.29) is 28.7 Å². The molecule has 0 amide bonds. The molecule has 2 aromatic rings. The molecular formula is C18H13ClF8N2O2. The molecule has 2 aromatic carbocycles. The van der Waals surface area contributed by atoms with Crippen LogP contribution in [-0.4, -0.2) is 31.5 Å². The summed E-state index contributed by atoms with van der Waals surface area (Å²) in [6.07, 6.45) is -5.96. The molecule has 13 heteroatoms. The van der Waals surface area contributed by atoms with Crippen LogP contribution >= 0.6 is 11.6 Å². The Balaban J connectivity index is 2.17. The fourth-order valence-corrected chi connectivity index (χ4v) is 2.45. The third-order valence-electron chi connectivity index (χ3n) is 3.69. The van der Waals surface area contributed by atoms with Gasteiger partial charge in [-0.25, -0.2) is 9.82 Å². The predicted molar refractivity (Wildman–Crippen MR) is 95.4 cm³/mol. The number of rotatable bonds is 8. The van der Waals surface area contributed by atoms with Gasteiger partial charge in [0.15, 0.2) is 11.5 Å². The van der Waals surface area contributed by atoms with Crippen LogP contribution in [0.2, 0.25) is 5.02 Å². The van der Waals surface area contributed by atoms with Crippen LogP contribution in [0.25, 0.3) is 0 Å². The van der Waals surface area contributed by atoms with E-state index in [1.807, 2.05) is 0 Å². The second-order valence-electron chi connectivity index (χ2n) is 5.97. The second kappa shape index (κ2) is 9.16. The Morgan fingerprint density at radius 2 is 1.74 bits per heavy atom. The zero-order valence-electron chi connectivity index (χ0n) is 15.4. The lowest BCUT2D eigenvalue weighted by molar-refractivity contribution is -0.361. The highest BCUT2D eigenvalue weighted by molar-refractivity contribution is 6.32. The number of methoxy groups -OCH3 is 1. The summed E-state index contributed by atoms with van der Waals surface area (Å²) < 4.78 is 112. The summed E-state index contributed by atoms with van der Waals surface area (Å²) in [4.78, 5) is 0.